The molecule has 22 heavy (non-hydrogen) atoms. The number of rotatable bonds is 5. The lowest BCUT2D eigenvalue weighted by Crippen LogP contribution is -2.46. The number of amides is 1. The molecule has 0 radical (unpaired) electrons. The Balaban J connectivity index is 2.03. The number of carbonyl (C=O) groups is 1. The monoisotopic (exact) mass is 329 g/mol. The second-order valence-corrected chi connectivity index (χ2v) is 7.93. The number of hydrogen-bond acceptors (Lipinski definition) is 5. The van der Waals surface area contributed by atoms with Gasteiger partial charge in [-0.2, -0.15) is 9.82 Å². The van der Waals surface area contributed by atoms with Gasteiger partial charge in [-0.25, -0.2) is 8.42 Å². The Morgan fingerprint density at radius 3 is 2.77 bits per heavy atom. The van der Waals surface area contributed by atoms with Crippen LogP contribution in [0.1, 0.15) is 20.3 Å². The zero-order chi connectivity index (χ0) is 16.5. The van der Waals surface area contributed by atoms with Crippen molar-refractivity contribution in [1.29, 1.82) is 0 Å². The second kappa shape index (κ2) is 5.98. The van der Waals surface area contributed by atoms with E-state index in [4.69, 9.17) is 5.73 Å². The normalized spacial score (nSPS) is 23.7. The van der Waals surface area contributed by atoms with Crippen molar-refractivity contribution in [3.05, 3.63) is 12.4 Å². The van der Waals surface area contributed by atoms with Crippen LogP contribution in [-0.4, -0.2) is 54.7 Å². The van der Waals surface area contributed by atoms with Crippen molar-refractivity contribution < 1.29 is 13.2 Å². The number of nitrogens with one attached hydrogen (secondary N) is 1. The number of nitrogens with two attached hydrogens (primary N) is 1. The molecule has 1 aromatic rings. The maximum atomic E-state index is 12.4. The van der Waals surface area contributed by atoms with Crippen LogP contribution in [0.15, 0.2) is 17.3 Å². The fourth-order valence-electron chi connectivity index (χ4n) is 2.54. The van der Waals surface area contributed by atoms with Crippen molar-refractivity contribution in [2.45, 2.75) is 31.2 Å². The molecule has 0 bridgehead atoms. The molecule has 2 unspecified atom stereocenters. The summed E-state index contributed by atoms with van der Waals surface area (Å²) in [7, 11) is -2.12. The molecule has 9 heteroatoms. The lowest BCUT2D eigenvalue weighted by molar-refractivity contribution is -0.131. The number of aromatic nitrogens is 2. The molecular formula is C13H23N5O3S. The summed E-state index contributed by atoms with van der Waals surface area (Å²) in [5, 5.41) is 3.83. The smallest absolute Gasteiger partial charge is 0.244 e. The third-order valence-corrected chi connectivity index (χ3v) is 5.55. The Morgan fingerprint density at radius 2 is 2.27 bits per heavy atom. The first-order valence-corrected chi connectivity index (χ1v) is 8.65. The topological polar surface area (TPSA) is 110 Å². The number of aryl methyl sites for hydroxylation is 1. The average Bonchev–Trinajstić information content (AvgIpc) is 3.05. The number of hydrogen-bond donors (Lipinski definition) is 2. The fourth-order valence-corrected chi connectivity index (χ4v) is 3.72. The van der Waals surface area contributed by atoms with Crippen LogP contribution in [-0.2, 0) is 21.9 Å². The van der Waals surface area contributed by atoms with Gasteiger partial charge in [0.15, 0.2) is 0 Å². The zero-order valence-electron chi connectivity index (χ0n) is 13.1. The summed E-state index contributed by atoms with van der Waals surface area (Å²) >= 11 is 0. The predicted octanol–water partition coefficient (Wildman–Crippen LogP) is -0.716. The van der Waals surface area contributed by atoms with Crippen LogP contribution in [0.5, 0.6) is 0 Å². The first kappa shape index (κ1) is 16.9. The molecule has 124 valence electrons. The van der Waals surface area contributed by atoms with Crippen LogP contribution in [0.4, 0.5) is 0 Å². The molecule has 1 aliphatic heterocycles. The van der Waals surface area contributed by atoms with Crippen molar-refractivity contribution in [2.75, 3.05) is 19.6 Å². The summed E-state index contributed by atoms with van der Waals surface area (Å²) in [5.41, 5.74) is 5.64. The van der Waals surface area contributed by atoms with Gasteiger partial charge >= 0.3 is 0 Å². The first-order chi connectivity index (χ1) is 10.2. The minimum Gasteiger partial charge on any atom is -0.341 e. The molecule has 0 aromatic carbocycles. The van der Waals surface area contributed by atoms with E-state index in [1.54, 1.807) is 18.9 Å². The quantitative estimate of drug-likeness (QED) is 0.741. The minimum atomic E-state index is -3.75. The van der Waals surface area contributed by atoms with Crippen molar-refractivity contribution in [1.82, 2.24) is 19.4 Å². The Morgan fingerprint density at radius 1 is 1.59 bits per heavy atom. The van der Waals surface area contributed by atoms with Crippen LogP contribution >= 0.6 is 0 Å². The molecular weight excluding hydrogens is 306 g/mol. The lowest BCUT2D eigenvalue weighted by Gasteiger charge is -2.24. The molecule has 1 aromatic heterocycles. The minimum absolute atomic E-state index is 0.0443. The molecule has 2 heterocycles. The van der Waals surface area contributed by atoms with Gasteiger partial charge in [-0.05, 0) is 25.3 Å². The molecule has 1 fully saturated rings. The van der Waals surface area contributed by atoms with Gasteiger partial charge in [0.2, 0.25) is 15.9 Å². The summed E-state index contributed by atoms with van der Waals surface area (Å²) < 4.78 is 28.2. The van der Waals surface area contributed by atoms with Crippen molar-refractivity contribution in [2.24, 2.45) is 18.2 Å². The van der Waals surface area contributed by atoms with E-state index in [9.17, 15) is 13.2 Å². The zero-order valence-corrected chi connectivity index (χ0v) is 13.9. The van der Waals surface area contributed by atoms with Gasteiger partial charge in [0.05, 0.1) is 12.2 Å². The van der Waals surface area contributed by atoms with Gasteiger partial charge in [0.1, 0.15) is 4.90 Å². The molecule has 1 saturated heterocycles. The van der Waals surface area contributed by atoms with Crippen LogP contribution < -0.4 is 10.5 Å². The van der Waals surface area contributed by atoms with E-state index >= 15 is 0 Å². The number of nitrogens with zero attached hydrogens (tertiary/aromatic N) is 3. The van der Waals surface area contributed by atoms with Crippen LogP contribution in [0.3, 0.4) is 0 Å². The lowest BCUT2D eigenvalue weighted by atomic mass is 9.90. The highest BCUT2D eigenvalue weighted by atomic mass is 32.2. The summed E-state index contributed by atoms with van der Waals surface area (Å²) in [6.07, 6.45) is 3.47. The van der Waals surface area contributed by atoms with Crippen molar-refractivity contribution >= 4 is 15.9 Å². The summed E-state index contributed by atoms with van der Waals surface area (Å²) in [5.74, 6) is -0.232. The molecule has 2 atom stereocenters. The van der Waals surface area contributed by atoms with Crippen molar-refractivity contribution in [3.63, 3.8) is 0 Å². The van der Waals surface area contributed by atoms with E-state index in [2.05, 4.69) is 9.82 Å². The third-order valence-electron chi connectivity index (χ3n) is 4.06. The van der Waals surface area contributed by atoms with E-state index in [1.807, 2.05) is 6.92 Å². The highest BCUT2D eigenvalue weighted by Crippen LogP contribution is 2.28. The molecule has 8 nitrogen and oxygen atoms in total. The van der Waals surface area contributed by atoms with E-state index in [1.165, 1.54) is 17.1 Å². The SMILES string of the molecule is CC(NS(=O)(=O)c1cnn(C)c1)C(=O)N1CCC(C)(CN)C1. The van der Waals surface area contributed by atoms with Gasteiger partial charge in [-0.15, -0.1) is 0 Å². The molecule has 2 rings (SSSR count). The van der Waals surface area contributed by atoms with E-state index in [-0.39, 0.29) is 16.2 Å². The Bertz CT molecular complexity index is 656. The molecule has 0 aliphatic carbocycles. The predicted molar refractivity (Wildman–Crippen MR) is 81.3 cm³/mol. The van der Waals surface area contributed by atoms with Crippen LogP contribution in [0.25, 0.3) is 0 Å². The maximum Gasteiger partial charge on any atom is 0.244 e. The first-order valence-electron chi connectivity index (χ1n) is 7.17. The van der Waals surface area contributed by atoms with Gasteiger partial charge in [-0.1, -0.05) is 6.92 Å². The van der Waals surface area contributed by atoms with Crippen LogP contribution in [0, 0.1) is 5.41 Å². The highest BCUT2D eigenvalue weighted by Gasteiger charge is 2.37. The standard InChI is InChI=1S/C13H23N5O3S/c1-10(12(19)18-5-4-13(2,8-14)9-18)16-22(20,21)11-6-15-17(3)7-11/h6-7,10,16H,4-5,8-9,14H2,1-3H3. The largest absolute Gasteiger partial charge is 0.341 e. The Hall–Kier alpha value is -1.45. The van der Waals surface area contributed by atoms with Gasteiger partial charge in [0.25, 0.3) is 0 Å². The molecule has 0 spiro atoms. The molecule has 1 aliphatic rings. The number of carbonyl (C=O) groups excluding carboxylic acids is 1. The molecule has 1 amide bonds. The number of sulfonamides is 1. The Labute approximate surface area is 130 Å². The van der Waals surface area contributed by atoms with Gasteiger partial charge in [-0.3, -0.25) is 9.48 Å². The van der Waals surface area contributed by atoms with E-state index < -0.39 is 16.1 Å². The summed E-state index contributed by atoms with van der Waals surface area (Å²) in [4.78, 5) is 14.1. The fraction of sp³-hybridized carbons (Fsp3) is 0.692. The number of likely N-dealkylation sites (tertiary alicyclic amines) is 1. The highest BCUT2D eigenvalue weighted by molar-refractivity contribution is 7.89. The Kier molecular flexibility index (Phi) is 4.59. The summed E-state index contributed by atoms with van der Waals surface area (Å²) in [6.45, 7) is 5.25. The molecule has 0 saturated carbocycles. The summed E-state index contributed by atoms with van der Waals surface area (Å²) in [6, 6.07) is -0.828. The molecule has 3 N–H and O–H groups in total. The van der Waals surface area contributed by atoms with Gasteiger partial charge < -0.3 is 10.6 Å². The van der Waals surface area contributed by atoms with E-state index in [0.717, 1.165) is 6.42 Å². The third kappa shape index (κ3) is 3.47. The van der Waals surface area contributed by atoms with Gasteiger partial charge in [0, 0.05) is 26.3 Å². The second-order valence-electron chi connectivity index (χ2n) is 6.22. The van der Waals surface area contributed by atoms with E-state index in [0.29, 0.717) is 19.6 Å². The van der Waals surface area contributed by atoms with Crippen LogP contribution in [0.2, 0.25) is 0 Å². The maximum absolute atomic E-state index is 12.4. The van der Waals surface area contributed by atoms with Crippen molar-refractivity contribution in [3.8, 4) is 0 Å². The average molecular weight is 329 g/mol.